The summed E-state index contributed by atoms with van der Waals surface area (Å²) in [6.07, 6.45) is 2.03. The van der Waals surface area contributed by atoms with Gasteiger partial charge >= 0.3 is 0 Å². The number of ether oxygens (including phenoxy) is 1. The first-order valence-corrected chi connectivity index (χ1v) is 7.65. The van der Waals surface area contributed by atoms with E-state index < -0.39 is 5.91 Å². The number of nitrogens with two attached hydrogens (primary N) is 1. The van der Waals surface area contributed by atoms with E-state index >= 15 is 0 Å². The molecule has 1 heterocycles. The maximum atomic E-state index is 11.0. The average Bonchev–Trinajstić information content (AvgIpc) is 2.97. The Kier molecular flexibility index (Phi) is 8.74. The van der Waals surface area contributed by atoms with E-state index in [1.165, 1.54) is 0 Å². The fourth-order valence-corrected chi connectivity index (χ4v) is 1.77. The van der Waals surface area contributed by atoms with E-state index in [4.69, 9.17) is 14.9 Å². The number of hydrogen-bond donors (Lipinski definition) is 3. The quantitative estimate of drug-likeness (QED) is 0.343. The lowest BCUT2D eigenvalue weighted by atomic mass is 10.3. The van der Waals surface area contributed by atoms with E-state index in [-0.39, 0.29) is 5.76 Å². The molecule has 0 spiro atoms. The van der Waals surface area contributed by atoms with Crippen molar-refractivity contribution in [2.45, 2.75) is 33.2 Å². The van der Waals surface area contributed by atoms with Gasteiger partial charge in [0.05, 0.1) is 0 Å². The monoisotopic (exact) mass is 310 g/mol. The molecular weight excluding hydrogens is 284 g/mol. The van der Waals surface area contributed by atoms with Crippen LogP contribution in [0.4, 0.5) is 0 Å². The summed E-state index contributed by atoms with van der Waals surface area (Å²) in [6, 6.07) is 3.26. The van der Waals surface area contributed by atoms with Gasteiger partial charge in [0.25, 0.3) is 5.91 Å². The van der Waals surface area contributed by atoms with Crippen LogP contribution in [0.15, 0.2) is 21.5 Å². The Balaban J connectivity index is 2.38. The highest BCUT2D eigenvalue weighted by Crippen LogP contribution is 2.08. The van der Waals surface area contributed by atoms with Crippen LogP contribution < -0.4 is 16.4 Å². The van der Waals surface area contributed by atoms with E-state index in [1.807, 2.05) is 13.8 Å². The molecule has 0 aromatic carbocycles. The van der Waals surface area contributed by atoms with Crippen LogP contribution in [0.1, 0.15) is 43.0 Å². The minimum absolute atomic E-state index is 0.152. The van der Waals surface area contributed by atoms with Gasteiger partial charge in [-0.15, -0.1) is 0 Å². The molecule has 1 aromatic rings. The molecule has 0 aliphatic heterocycles. The van der Waals surface area contributed by atoms with Crippen LogP contribution in [0.5, 0.6) is 0 Å². The molecule has 22 heavy (non-hydrogen) atoms. The van der Waals surface area contributed by atoms with Crippen molar-refractivity contribution in [2.24, 2.45) is 10.7 Å². The molecule has 0 saturated carbocycles. The Morgan fingerprint density at radius 3 is 2.77 bits per heavy atom. The maximum absolute atomic E-state index is 11.0. The smallest absolute Gasteiger partial charge is 0.284 e. The van der Waals surface area contributed by atoms with Gasteiger partial charge in [-0.25, -0.2) is 4.99 Å². The van der Waals surface area contributed by atoms with Crippen LogP contribution in [-0.2, 0) is 11.3 Å². The normalized spacial score (nSPS) is 11.5. The Labute approximate surface area is 131 Å². The number of nitrogens with one attached hydrogen (secondary N) is 2. The number of nitrogens with zero attached hydrogens (tertiary/aromatic N) is 1. The Bertz CT molecular complexity index is 471. The molecule has 0 radical (unpaired) electrons. The molecule has 1 rings (SSSR count). The second-order valence-corrected chi connectivity index (χ2v) is 4.66. The summed E-state index contributed by atoms with van der Waals surface area (Å²) in [4.78, 5) is 15.4. The fourth-order valence-electron chi connectivity index (χ4n) is 1.77. The molecular formula is C15H26N4O3. The molecule has 1 aromatic heterocycles. The number of primary amides is 1. The van der Waals surface area contributed by atoms with Crippen LogP contribution in [-0.4, -0.2) is 38.2 Å². The van der Waals surface area contributed by atoms with Gasteiger partial charge in [0, 0.05) is 26.3 Å². The molecule has 4 N–H and O–H groups in total. The third-order valence-electron chi connectivity index (χ3n) is 2.85. The van der Waals surface area contributed by atoms with Crippen LogP contribution in [0, 0.1) is 0 Å². The van der Waals surface area contributed by atoms with Gasteiger partial charge in [0.2, 0.25) is 0 Å². The first kappa shape index (κ1) is 18.0. The maximum Gasteiger partial charge on any atom is 0.284 e. The molecule has 7 heteroatoms. The third kappa shape index (κ3) is 7.12. The molecule has 0 aliphatic rings. The molecule has 7 nitrogen and oxygen atoms in total. The zero-order chi connectivity index (χ0) is 16.2. The number of hydrogen-bond acceptors (Lipinski definition) is 4. The van der Waals surface area contributed by atoms with Crippen molar-refractivity contribution in [1.82, 2.24) is 10.6 Å². The highest BCUT2D eigenvalue weighted by atomic mass is 16.5. The van der Waals surface area contributed by atoms with Crippen molar-refractivity contribution in [2.75, 3.05) is 26.3 Å². The molecule has 124 valence electrons. The Hall–Kier alpha value is -2.02. The standard InChI is InChI=1S/C15H26N4O3/c1-3-17-15(18-9-5-6-10-21-4-2)19-11-12-7-8-13(22-12)14(16)20/h7-8H,3-6,9-11H2,1-2H3,(H2,16,20)(H2,17,18,19). The predicted octanol–water partition coefficient (Wildman–Crippen LogP) is 1.25. The molecule has 0 bridgehead atoms. The summed E-state index contributed by atoms with van der Waals surface area (Å²) in [6.45, 7) is 7.49. The second-order valence-electron chi connectivity index (χ2n) is 4.66. The number of unbranched alkanes of at least 4 members (excludes halogenated alkanes) is 1. The van der Waals surface area contributed by atoms with Crippen LogP contribution >= 0.6 is 0 Å². The van der Waals surface area contributed by atoms with Crippen molar-refractivity contribution in [3.05, 3.63) is 23.7 Å². The topological polar surface area (TPSA) is 102 Å². The number of aliphatic imine (C=N–C) groups is 1. The zero-order valence-corrected chi connectivity index (χ0v) is 13.4. The van der Waals surface area contributed by atoms with E-state index in [2.05, 4.69) is 15.6 Å². The number of rotatable bonds is 10. The molecule has 1 amide bonds. The number of carbonyl (C=O) groups excluding carboxylic acids is 1. The molecule has 0 saturated heterocycles. The van der Waals surface area contributed by atoms with Gasteiger partial charge < -0.3 is 25.5 Å². The highest BCUT2D eigenvalue weighted by Gasteiger charge is 2.06. The summed E-state index contributed by atoms with van der Waals surface area (Å²) >= 11 is 0. The summed E-state index contributed by atoms with van der Waals surface area (Å²) in [5, 5.41) is 6.41. The van der Waals surface area contributed by atoms with Crippen molar-refractivity contribution in [1.29, 1.82) is 0 Å². The summed E-state index contributed by atoms with van der Waals surface area (Å²) in [5.41, 5.74) is 5.14. The summed E-state index contributed by atoms with van der Waals surface area (Å²) in [5.74, 6) is 0.895. The average molecular weight is 310 g/mol. The largest absolute Gasteiger partial charge is 0.454 e. The molecule has 0 atom stereocenters. The van der Waals surface area contributed by atoms with Gasteiger partial charge in [-0.2, -0.15) is 0 Å². The van der Waals surface area contributed by atoms with E-state index in [1.54, 1.807) is 12.1 Å². The number of amides is 1. The van der Waals surface area contributed by atoms with Crippen molar-refractivity contribution in [3.8, 4) is 0 Å². The van der Waals surface area contributed by atoms with Crippen LogP contribution in [0.25, 0.3) is 0 Å². The first-order chi connectivity index (χ1) is 10.7. The van der Waals surface area contributed by atoms with Gasteiger partial charge in [-0.05, 0) is 38.8 Å². The highest BCUT2D eigenvalue weighted by molar-refractivity contribution is 5.89. The first-order valence-electron chi connectivity index (χ1n) is 7.65. The minimum Gasteiger partial charge on any atom is -0.454 e. The number of carbonyl (C=O) groups is 1. The van der Waals surface area contributed by atoms with Crippen molar-refractivity contribution >= 4 is 11.9 Å². The fraction of sp³-hybridized carbons (Fsp3) is 0.600. The van der Waals surface area contributed by atoms with Crippen molar-refractivity contribution < 1.29 is 13.9 Å². The number of guanidine groups is 1. The zero-order valence-electron chi connectivity index (χ0n) is 13.4. The van der Waals surface area contributed by atoms with Crippen LogP contribution in [0.2, 0.25) is 0 Å². The number of furan rings is 1. The Morgan fingerprint density at radius 2 is 2.14 bits per heavy atom. The van der Waals surface area contributed by atoms with Gasteiger partial charge in [-0.1, -0.05) is 0 Å². The van der Waals surface area contributed by atoms with E-state index in [0.29, 0.717) is 12.3 Å². The SMILES string of the molecule is CCNC(=NCc1ccc(C(N)=O)o1)NCCCCOCC. The molecule has 0 unspecified atom stereocenters. The van der Waals surface area contributed by atoms with E-state index in [9.17, 15) is 4.79 Å². The molecule has 0 fully saturated rings. The van der Waals surface area contributed by atoms with Gasteiger partial charge in [0.15, 0.2) is 11.7 Å². The Morgan fingerprint density at radius 1 is 1.32 bits per heavy atom. The minimum atomic E-state index is -0.574. The second kappa shape index (κ2) is 10.7. The predicted molar refractivity (Wildman–Crippen MR) is 85.8 cm³/mol. The lowest BCUT2D eigenvalue weighted by Crippen LogP contribution is -2.37. The lowest BCUT2D eigenvalue weighted by molar-refractivity contribution is 0.0972. The van der Waals surface area contributed by atoms with E-state index in [0.717, 1.165) is 45.1 Å². The summed E-state index contributed by atoms with van der Waals surface area (Å²) in [7, 11) is 0. The third-order valence-corrected chi connectivity index (χ3v) is 2.85. The van der Waals surface area contributed by atoms with Crippen LogP contribution in [0.3, 0.4) is 0 Å². The van der Waals surface area contributed by atoms with Crippen molar-refractivity contribution in [3.63, 3.8) is 0 Å². The van der Waals surface area contributed by atoms with Gasteiger partial charge in [0.1, 0.15) is 12.3 Å². The summed E-state index contributed by atoms with van der Waals surface area (Å²) < 4.78 is 10.6. The lowest BCUT2D eigenvalue weighted by Gasteiger charge is -2.10. The van der Waals surface area contributed by atoms with Gasteiger partial charge in [-0.3, -0.25) is 4.79 Å². The molecule has 0 aliphatic carbocycles.